The number of likely N-dealkylation sites (tertiary alicyclic amines) is 2. The first-order valence-corrected chi connectivity index (χ1v) is 16.1. The second kappa shape index (κ2) is 13.2. The Kier molecular flexibility index (Phi) is 9.46. The highest BCUT2D eigenvalue weighted by molar-refractivity contribution is 5.97. The highest BCUT2D eigenvalue weighted by Crippen LogP contribution is 2.28. The Morgan fingerprint density at radius 1 is 0.739 bits per heavy atom. The van der Waals surface area contributed by atoms with Crippen LogP contribution in [0.15, 0.2) is 36.5 Å². The topological polar surface area (TPSA) is 133 Å². The fourth-order valence-corrected chi connectivity index (χ4v) is 6.08. The third-order valence-electron chi connectivity index (χ3n) is 8.19. The highest BCUT2D eigenvalue weighted by Gasteiger charge is 2.38. The predicted molar refractivity (Wildman–Crippen MR) is 175 cm³/mol. The third kappa shape index (κ3) is 8.07. The van der Waals surface area contributed by atoms with Crippen molar-refractivity contribution in [3.8, 4) is 0 Å². The molecule has 0 unspecified atom stereocenters. The second-order valence-corrected chi connectivity index (χ2v) is 14.2. The molecule has 1 aromatic carbocycles. The van der Waals surface area contributed by atoms with Crippen LogP contribution < -0.4 is 15.5 Å². The molecule has 3 aliphatic rings. The fraction of sp³-hybridized carbons (Fsp3) is 0.559. The zero-order valence-electron chi connectivity index (χ0n) is 27.7. The van der Waals surface area contributed by atoms with Crippen molar-refractivity contribution in [3.05, 3.63) is 47.7 Å². The Morgan fingerprint density at radius 2 is 1.28 bits per heavy atom. The lowest BCUT2D eigenvalue weighted by molar-refractivity contribution is -0.121. The Morgan fingerprint density at radius 3 is 1.80 bits per heavy atom. The minimum atomic E-state index is -0.629. The first-order chi connectivity index (χ1) is 21.7. The monoisotopic (exact) mass is 634 g/mol. The molecule has 2 atom stereocenters. The SMILES string of the molecule is CC(C)(C)OC(=O)N1CCC[C@H]1C(=O)Nc1ccc(N2CCc3cc(NC(=O)[C@@H]4CCCN4C(=O)OC(C)(C)C)ccc3C2)nc1. The molecule has 46 heavy (non-hydrogen) atoms. The van der Waals surface area contributed by atoms with Gasteiger partial charge in [-0.1, -0.05) is 6.07 Å². The summed E-state index contributed by atoms with van der Waals surface area (Å²) in [5.41, 5.74) is 2.31. The number of hydrogen-bond acceptors (Lipinski definition) is 8. The average Bonchev–Trinajstić information content (AvgIpc) is 3.66. The van der Waals surface area contributed by atoms with Crippen molar-refractivity contribution in [1.29, 1.82) is 0 Å². The van der Waals surface area contributed by atoms with Crippen LogP contribution in [-0.2, 0) is 32.0 Å². The maximum atomic E-state index is 13.1. The van der Waals surface area contributed by atoms with Crippen LogP contribution in [0, 0.1) is 0 Å². The van der Waals surface area contributed by atoms with Gasteiger partial charge in [-0.25, -0.2) is 14.6 Å². The molecule has 248 valence electrons. The Bertz CT molecular complexity index is 1460. The van der Waals surface area contributed by atoms with Gasteiger partial charge in [-0.3, -0.25) is 19.4 Å². The van der Waals surface area contributed by atoms with Gasteiger partial charge < -0.3 is 25.0 Å². The van der Waals surface area contributed by atoms with Crippen LogP contribution >= 0.6 is 0 Å². The zero-order chi connectivity index (χ0) is 33.2. The van der Waals surface area contributed by atoms with E-state index in [1.165, 1.54) is 9.80 Å². The Balaban J connectivity index is 1.15. The smallest absolute Gasteiger partial charge is 0.410 e. The molecule has 0 saturated carbocycles. The molecule has 2 aromatic rings. The van der Waals surface area contributed by atoms with Crippen LogP contribution in [0.5, 0.6) is 0 Å². The van der Waals surface area contributed by atoms with Gasteiger partial charge in [-0.15, -0.1) is 0 Å². The molecular weight excluding hydrogens is 588 g/mol. The molecule has 5 rings (SSSR count). The molecule has 1 aromatic heterocycles. The minimum absolute atomic E-state index is 0.206. The van der Waals surface area contributed by atoms with E-state index in [0.29, 0.717) is 43.9 Å². The van der Waals surface area contributed by atoms with Crippen molar-refractivity contribution in [2.45, 2.75) is 103 Å². The number of fused-ring (bicyclic) bond motifs is 1. The molecular formula is C34H46N6O6. The van der Waals surface area contributed by atoms with Gasteiger partial charge in [0, 0.05) is 31.9 Å². The van der Waals surface area contributed by atoms with E-state index in [1.807, 2.05) is 71.9 Å². The summed E-state index contributed by atoms with van der Waals surface area (Å²) in [7, 11) is 0. The second-order valence-electron chi connectivity index (χ2n) is 14.2. The largest absolute Gasteiger partial charge is 0.444 e. The first kappa shape index (κ1) is 33.0. The van der Waals surface area contributed by atoms with E-state index >= 15 is 0 Å². The number of nitrogens with zero attached hydrogens (tertiary/aromatic N) is 4. The van der Waals surface area contributed by atoms with E-state index in [9.17, 15) is 19.2 Å². The lowest BCUT2D eigenvalue weighted by Gasteiger charge is -2.30. The molecule has 4 heterocycles. The summed E-state index contributed by atoms with van der Waals surface area (Å²) >= 11 is 0. The van der Waals surface area contributed by atoms with E-state index in [2.05, 4.69) is 20.5 Å². The van der Waals surface area contributed by atoms with Crippen LogP contribution in [-0.4, -0.2) is 81.7 Å². The lowest BCUT2D eigenvalue weighted by Crippen LogP contribution is -2.45. The number of aromatic nitrogens is 1. The van der Waals surface area contributed by atoms with Crippen molar-refractivity contribution >= 4 is 41.2 Å². The molecule has 0 bridgehead atoms. The Hall–Kier alpha value is -4.35. The van der Waals surface area contributed by atoms with Gasteiger partial charge >= 0.3 is 12.2 Å². The summed E-state index contributed by atoms with van der Waals surface area (Å²) in [6.07, 6.45) is 4.16. The molecule has 12 heteroatoms. The predicted octanol–water partition coefficient (Wildman–Crippen LogP) is 5.32. The standard InChI is InChI=1S/C34H46N6O6/c1-33(2,3)45-31(43)39-16-7-9-26(39)29(41)36-24-12-11-23-21-38(18-15-22(23)19-24)28-14-13-25(20-35-28)37-30(42)27-10-8-17-40(27)32(44)46-34(4,5)6/h11-14,19-20,26-27H,7-10,15-18,21H2,1-6H3,(H,36,41)(H,37,42)/t26-,27-/m0/s1. The lowest BCUT2D eigenvalue weighted by atomic mass is 9.99. The van der Waals surface area contributed by atoms with Crippen LogP contribution in [0.3, 0.4) is 0 Å². The zero-order valence-corrected chi connectivity index (χ0v) is 27.7. The van der Waals surface area contributed by atoms with Crippen molar-refractivity contribution in [1.82, 2.24) is 14.8 Å². The normalized spacial score (nSPS) is 19.8. The van der Waals surface area contributed by atoms with Gasteiger partial charge in [0.25, 0.3) is 0 Å². The molecule has 2 fully saturated rings. The van der Waals surface area contributed by atoms with Gasteiger partial charge in [-0.05, 0) is 109 Å². The maximum absolute atomic E-state index is 13.1. The number of pyridine rings is 1. The van der Waals surface area contributed by atoms with Gasteiger partial charge in [0.05, 0.1) is 11.9 Å². The first-order valence-electron chi connectivity index (χ1n) is 16.1. The van der Waals surface area contributed by atoms with Crippen molar-refractivity contribution in [2.24, 2.45) is 0 Å². The van der Waals surface area contributed by atoms with Crippen LogP contribution in [0.4, 0.5) is 26.8 Å². The maximum Gasteiger partial charge on any atom is 0.410 e. The summed E-state index contributed by atoms with van der Waals surface area (Å²) in [5, 5.41) is 5.91. The van der Waals surface area contributed by atoms with Gasteiger partial charge in [0.1, 0.15) is 29.1 Å². The van der Waals surface area contributed by atoms with E-state index < -0.39 is 35.5 Å². The molecule has 0 radical (unpaired) electrons. The number of anilines is 3. The van der Waals surface area contributed by atoms with Crippen LogP contribution in [0.25, 0.3) is 0 Å². The summed E-state index contributed by atoms with van der Waals surface area (Å²) in [6, 6.07) is 8.49. The molecule has 3 aliphatic heterocycles. The number of rotatable bonds is 5. The van der Waals surface area contributed by atoms with Gasteiger partial charge in [-0.2, -0.15) is 0 Å². The van der Waals surface area contributed by atoms with Crippen molar-refractivity contribution < 1.29 is 28.7 Å². The summed E-state index contributed by atoms with van der Waals surface area (Å²) in [4.78, 5) is 61.2. The van der Waals surface area contributed by atoms with E-state index in [1.54, 1.807) is 6.20 Å². The fourth-order valence-electron chi connectivity index (χ4n) is 6.08. The summed E-state index contributed by atoms with van der Waals surface area (Å²) in [6.45, 7) is 13.3. The molecule has 4 amide bonds. The molecule has 12 nitrogen and oxygen atoms in total. The Labute approximate surface area is 270 Å². The number of hydrogen-bond donors (Lipinski definition) is 2. The van der Waals surface area contributed by atoms with Crippen molar-refractivity contribution in [3.63, 3.8) is 0 Å². The number of carbonyl (C=O) groups is 4. The third-order valence-corrected chi connectivity index (χ3v) is 8.19. The summed E-state index contributed by atoms with van der Waals surface area (Å²) in [5.74, 6) is 0.335. The van der Waals surface area contributed by atoms with E-state index in [0.717, 1.165) is 42.8 Å². The highest BCUT2D eigenvalue weighted by atomic mass is 16.6. The summed E-state index contributed by atoms with van der Waals surface area (Å²) < 4.78 is 11.0. The molecule has 2 N–H and O–H groups in total. The van der Waals surface area contributed by atoms with Gasteiger partial charge in [0.2, 0.25) is 11.8 Å². The number of nitrogens with one attached hydrogen (secondary N) is 2. The van der Waals surface area contributed by atoms with Crippen molar-refractivity contribution in [2.75, 3.05) is 35.2 Å². The average molecular weight is 635 g/mol. The number of carbonyl (C=O) groups excluding carboxylic acids is 4. The molecule has 0 spiro atoms. The minimum Gasteiger partial charge on any atom is -0.444 e. The number of ether oxygens (including phenoxy) is 2. The number of amides is 4. The number of benzene rings is 1. The van der Waals surface area contributed by atoms with E-state index in [4.69, 9.17) is 9.47 Å². The van der Waals surface area contributed by atoms with Gasteiger partial charge in [0.15, 0.2) is 0 Å². The molecule has 0 aliphatic carbocycles. The quantitative estimate of drug-likeness (QED) is 0.452. The van der Waals surface area contributed by atoms with E-state index in [-0.39, 0.29) is 11.8 Å². The van der Waals surface area contributed by atoms with Crippen LogP contribution in [0.2, 0.25) is 0 Å². The molecule has 2 saturated heterocycles. The van der Waals surface area contributed by atoms with Crippen LogP contribution in [0.1, 0.15) is 78.4 Å².